The summed E-state index contributed by atoms with van der Waals surface area (Å²) >= 11 is 0. The highest BCUT2D eigenvalue weighted by molar-refractivity contribution is 5.96. The zero-order valence-electron chi connectivity index (χ0n) is 17.7. The summed E-state index contributed by atoms with van der Waals surface area (Å²) in [5, 5.41) is 15.5. The van der Waals surface area contributed by atoms with Crippen LogP contribution in [-0.2, 0) is 0 Å². The number of aromatic nitrogens is 4. The van der Waals surface area contributed by atoms with Crippen molar-refractivity contribution >= 4 is 17.4 Å². The number of carbonyl (C=O) groups excluding carboxylic acids is 1. The molecule has 1 unspecified atom stereocenters. The molecule has 0 amide bonds. The first-order valence-corrected chi connectivity index (χ1v) is 9.83. The van der Waals surface area contributed by atoms with Crippen molar-refractivity contribution < 1.29 is 18.0 Å². The number of carbonyl (C=O) groups is 1. The monoisotopic (exact) mass is 442 g/mol. The summed E-state index contributed by atoms with van der Waals surface area (Å²) < 4.78 is 39.4. The molecule has 166 valence electrons. The van der Waals surface area contributed by atoms with Gasteiger partial charge in [0.25, 0.3) is 0 Å². The van der Waals surface area contributed by atoms with Gasteiger partial charge in [-0.3, -0.25) is 9.48 Å². The lowest BCUT2D eigenvalue weighted by Crippen LogP contribution is -2.23. The lowest BCUT2D eigenvalue weighted by Gasteiger charge is -2.15. The molecule has 0 aliphatic heterocycles. The molecule has 0 saturated heterocycles. The second kappa shape index (κ2) is 9.18. The first-order chi connectivity index (χ1) is 15.1. The molecule has 7 nitrogen and oxygen atoms in total. The third-order valence-corrected chi connectivity index (χ3v) is 4.89. The molecular formula is C22H21F3N6O. The molecule has 0 fully saturated rings. The summed E-state index contributed by atoms with van der Waals surface area (Å²) in [5.74, 6) is -0.270. The fraction of sp³-hybridized carbons (Fsp3) is 0.318. The molecule has 10 heteroatoms. The zero-order chi connectivity index (χ0) is 23.5. The number of rotatable bonds is 7. The number of nitrogens with one attached hydrogen (secondary N) is 1. The quantitative estimate of drug-likeness (QED) is 0.502. The van der Waals surface area contributed by atoms with Crippen LogP contribution in [0.1, 0.15) is 42.2 Å². The number of hydrogen-bond acceptors (Lipinski definition) is 6. The molecule has 2 atom stereocenters. The molecule has 2 aromatic heterocycles. The molecule has 0 spiro atoms. The maximum Gasteiger partial charge on any atom is 0.410 e. The van der Waals surface area contributed by atoms with E-state index in [2.05, 4.69) is 20.4 Å². The van der Waals surface area contributed by atoms with Crippen LogP contribution in [0.4, 0.5) is 24.8 Å². The highest BCUT2D eigenvalue weighted by Gasteiger charge is 2.38. The molecule has 0 saturated carbocycles. The van der Waals surface area contributed by atoms with E-state index < -0.39 is 12.2 Å². The van der Waals surface area contributed by atoms with Gasteiger partial charge in [0.1, 0.15) is 6.04 Å². The zero-order valence-corrected chi connectivity index (χ0v) is 17.7. The second-order valence-electron chi connectivity index (χ2n) is 7.51. The van der Waals surface area contributed by atoms with Crippen LogP contribution in [0.15, 0.2) is 42.9 Å². The van der Waals surface area contributed by atoms with Crippen molar-refractivity contribution in [3.63, 3.8) is 0 Å². The van der Waals surface area contributed by atoms with Gasteiger partial charge in [0.15, 0.2) is 5.78 Å². The Hall–Kier alpha value is -3.74. The SMILES string of the molecule is Cc1cnc(Nc2cnn(C(C)C(F)(F)F)c2)nc1-c1ccc(C(=O)C[C@@H](C)C#N)cc1. The predicted molar refractivity (Wildman–Crippen MR) is 112 cm³/mol. The van der Waals surface area contributed by atoms with E-state index >= 15 is 0 Å². The summed E-state index contributed by atoms with van der Waals surface area (Å²) in [5.41, 5.74) is 2.98. The van der Waals surface area contributed by atoms with E-state index in [1.807, 2.05) is 13.0 Å². The van der Waals surface area contributed by atoms with Crippen LogP contribution >= 0.6 is 0 Å². The normalized spacial score (nSPS) is 13.3. The maximum absolute atomic E-state index is 12.9. The molecule has 0 aliphatic carbocycles. The van der Waals surface area contributed by atoms with Gasteiger partial charge in [0.2, 0.25) is 5.95 Å². The predicted octanol–water partition coefficient (Wildman–Crippen LogP) is 5.25. The van der Waals surface area contributed by atoms with Crippen LogP contribution in [0.3, 0.4) is 0 Å². The molecule has 2 heterocycles. The Labute approximate surface area is 182 Å². The number of anilines is 2. The van der Waals surface area contributed by atoms with Crippen molar-refractivity contribution in [2.45, 2.75) is 39.4 Å². The fourth-order valence-corrected chi connectivity index (χ4v) is 2.94. The van der Waals surface area contributed by atoms with Crippen LogP contribution in [-0.4, -0.2) is 31.7 Å². The largest absolute Gasteiger partial charge is 0.410 e. The number of nitrogens with zero attached hydrogens (tertiary/aromatic N) is 5. The van der Waals surface area contributed by atoms with E-state index in [-0.39, 0.29) is 24.1 Å². The fourth-order valence-electron chi connectivity index (χ4n) is 2.94. The molecule has 1 aromatic carbocycles. The Balaban J connectivity index is 1.79. The smallest absolute Gasteiger partial charge is 0.321 e. The van der Waals surface area contributed by atoms with E-state index in [9.17, 15) is 18.0 Å². The number of aryl methyl sites for hydroxylation is 1. The number of Topliss-reactive ketones (excluding diaryl/α,β-unsaturated/α-hetero) is 1. The minimum Gasteiger partial charge on any atom is -0.321 e. The summed E-state index contributed by atoms with van der Waals surface area (Å²) in [6.45, 7) is 4.54. The van der Waals surface area contributed by atoms with Gasteiger partial charge < -0.3 is 5.32 Å². The van der Waals surface area contributed by atoms with E-state index in [1.165, 1.54) is 12.4 Å². The summed E-state index contributed by atoms with van der Waals surface area (Å²) in [4.78, 5) is 20.9. The van der Waals surface area contributed by atoms with Crippen molar-refractivity contribution in [2.75, 3.05) is 5.32 Å². The van der Waals surface area contributed by atoms with Crippen molar-refractivity contribution in [1.82, 2.24) is 19.7 Å². The van der Waals surface area contributed by atoms with Gasteiger partial charge in [0, 0.05) is 29.9 Å². The third kappa shape index (κ3) is 5.29. The molecular weight excluding hydrogens is 421 g/mol. The van der Waals surface area contributed by atoms with Crippen molar-refractivity contribution in [1.29, 1.82) is 5.26 Å². The van der Waals surface area contributed by atoms with Crippen LogP contribution in [0.25, 0.3) is 11.3 Å². The summed E-state index contributed by atoms with van der Waals surface area (Å²) in [7, 11) is 0. The second-order valence-corrected chi connectivity index (χ2v) is 7.51. The van der Waals surface area contributed by atoms with Gasteiger partial charge in [-0.05, 0) is 26.3 Å². The minimum absolute atomic E-state index is 0.113. The highest BCUT2D eigenvalue weighted by Crippen LogP contribution is 2.30. The highest BCUT2D eigenvalue weighted by atomic mass is 19.4. The van der Waals surface area contributed by atoms with Crippen molar-refractivity contribution in [3.05, 3.63) is 54.0 Å². The first kappa shape index (κ1) is 22.9. The molecule has 1 N–H and O–H groups in total. The van der Waals surface area contributed by atoms with Gasteiger partial charge in [-0.25, -0.2) is 9.97 Å². The number of alkyl halides is 3. The minimum atomic E-state index is -4.41. The maximum atomic E-state index is 12.9. The summed E-state index contributed by atoms with van der Waals surface area (Å²) in [6, 6.07) is 7.16. The van der Waals surface area contributed by atoms with Crippen molar-refractivity contribution in [2.24, 2.45) is 5.92 Å². The van der Waals surface area contributed by atoms with Gasteiger partial charge in [-0.2, -0.15) is 23.5 Å². The van der Waals surface area contributed by atoms with Gasteiger partial charge >= 0.3 is 6.18 Å². The van der Waals surface area contributed by atoms with E-state index in [0.717, 1.165) is 22.7 Å². The van der Waals surface area contributed by atoms with Crippen LogP contribution in [0.2, 0.25) is 0 Å². The van der Waals surface area contributed by atoms with Crippen molar-refractivity contribution in [3.8, 4) is 17.3 Å². The van der Waals surface area contributed by atoms with Crippen LogP contribution in [0, 0.1) is 24.2 Å². The third-order valence-electron chi connectivity index (χ3n) is 4.89. The van der Waals surface area contributed by atoms with E-state index in [1.54, 1.807) is 37.4 Å². The topological polar surface area (TPSA) is 96.5 Å². The lowest BCUT2D eigenvalue weighted by molar-refractivity contribution is -0.165. The number of hydrogen-bond donors (Lipinski definition) is 1. The van der Waals surface area contributed by atoms with Gasteiger partial charge in [-0.15, -0.1) is 0 Å². The number of benzene rings is 1. The number of nitriles is 1. The van der Waals surface area contributed by atoms with Crippen LogP contribution < -0.4 is 5.32 Å². The molecule has 3 aromatic rings. The Morgan fingerprint density at radius 1 is 1.22 bits per heavy atom. The Bertz CT molecular complexity index is 1150. The Kier molecular flexibility index (Phi) is 6.58. The lowest BCUT2D eigenvalue weighted by atomic mass is 9.99. The molecule has 3 rings (SSSR count). The number of ketones is 1. The Morgan fingerprint density at radius 2 is 1.91 bits per heavy atom. The van der Waals surface area contributed by atoms with Gasteiger partial charge in [0.05, 0.1) is 29.6 Å². The van der Waals surface area contributed by atoms with Crippen LogP contribution in [0.5, 0.6) is 0 Å². The molecule has 32 heavy (non-hydrogen) atoms. The molecule has 0 aliphatic rings. The standard InChI is InChI=1S/C22H21F3N6O/c1-13(9-26)8-19(32)16-4-6-17(7-5-16)20-14(2)10-27-21(30-20)29-18-11-28-31(12-18)15(3)22(23,24)25/h4-7,10-13,15H,8H2,1-3H3,(H,27,29,30)/t13-,15?/m1/s1. The number of halogens is 3. The molecule has 0 bridgehead atoms. The van der Waals surface area contributed by atoms with Gasteiger partial charge in [-0.1, -0.05) is 24.3 Å². The summed E-state index contributed by atoms with van der Waals surface area (Å²) in [6.07, 6.45) is -0.146. The van der Waals surface area contributed by atoms with E-state index in [4.69, 9.17) is 5.26 Å². The van der Waals surface area contributed by atoms with E-state index in [0.29, 0.717) is 16.9 Å². The average Bonchev–Trinajstić information content (AvgIpc) is 3.22. The first-order valence-electron chi connectivity index (χ1n) is 9.83. The molecule has 0 radical (unpaired) electrons. The Morgan fingerprint density at radius 3 is 2.53 bits per heavy atom. The average molecular weight is 442 g/mol.